The Morgan fingerprint density at radius 1 is 1.47 bits per heavy atom. The number of nitrogens with zero attached hydrogens (tertiary/aromatic N) is 1. The SMILES string of the molecule is CC(C)(C)OC(=O)N1CCCC(CB(O)O)C1. The maximum Gasteiger partial charge on any atom is 0.451 e. The van der Waals surface area contributed by atoms with E-state index in [0.29, 0.717) is 19.4 Å². The minimum absolute atomic E-state index is 0.149. The van der Waals surface area contributed by atoms with Gasteiger partial charge in [0.25, 0.3) is 0 Å². The Balaban J connectivity index is 2.46. The summed E-state index contributed by atoms with van der Waals surface area (Å²) in [7, 11) is -1.29. The van der Waals surface area contributed by atoms with E-state index in [0.717, 1.165) is 12.8 Å². The Kier molecular flexibility index (Phi) is 4.83. The average molecular weight is 243 g/mol. The van der Waals surface area contributed by atoms with Crippen LogP contribution in [0.2, 0.25) is 6.32 Å². The fourth-order valence-electron chi connectivity index (χ4n) is 2.05. The first-order valence-electron chi connectivity index (χ1n) is 6.12. The van der Waals surface area contributed by atoms with Crippen LogP contribution in [0.3, 0.4) is 0 Å². The molecule has 98 valence electrons. The van der Waals surface area contributed by atoms with Crippen molar-refractivity contribution in [3.8, 4) is 0 Å². The zero-order chi connectivity index (χ0) is 13.1. The van der Waals surface area contributed by atoms with Crippen LogP contribution in [0, 0.1) is 5.92 Å². The first kappa shape index (κ1) is 14.3. The van der Waals surface area contributed by atoms with E-state index in [1.54, 1.807) is 4.90 Å². The van der Waals surface area contributed by atoms with Crippen molar-refractivity contribution >= 4 is 13.2 Å². The molecular formula is C11H22BNO4. The van der Waals surface area contributed by atoms with Gasteiger partial charge in [0.1, 0.15) is 5.60 Å². The van der Waals surface area contributed by atoms with Crippen molar-refractivity contribution in [2.45, 2.75) is 45.5 Å². The lowest BCUT2D eigenvalue weighted by atomic mass is 9.75. The van der Waals surface area contributed by atoms with E-state index in [2.05, 4.69) is 0 Å². The molecular weight excluding hydrogens is 221 g/mol. The topological polar surface area (TPSA) is 70.0 Å². The summed E-state index contributed by atoms with van der Waals surface area (Å²) in [5.74, 6) is 0.149. The summed E-state index contributed by atoms with van der Waals surface area (Å²) in [6.07, 6.45) is 1.82. The third kappa shape index (κ3) is 5.41. The van der Waals surface area contributed by atoms with Gasteiger partial charge in [-0.3, -0.25) is 0 Å². The van der Waals surface area contributed by atoms with Crippen LogP contribution in [-0.4, -0.2) is 46.9 Å². The van der Waals surface area contributed by atoms with Crippen LogP contribution in [0.25, 0.3) is 0 Å². The molecule has 6 heteroatoms. The second kappa shape index (κ2) is 5.73. The molecule has 1 atom stereocenters. The molecule has 1 heterocycles. The lowest BCUT2D eigenvalue weighted by Gasteiger charge is -2.34. The van der Waals surface area contributed by atoms with Gasteiger partial charge >= 0.3 is 13.2 Å². The van der Waals surface area contributed by atoms with E-state index in [-0.39, 0.29) is 12.0 Å². The van der Waals surface area contributed by atoms with Gasteiger partial charge < -0.3 is 19.7 Å². The lowest BCUT2D eigenvalue weighted by Crippen LogP contribution is -2.43. The molecule has 1 unspecified atom stereocenters. The van der Waals surface area contributed by atoms with E-state index in [1.807, 2.05) is 20.8 Å². The summed E-state index contributed by atoms with van der Waals surface area (Å²) in [6.45, 7) is 6.75. The van der Waals surface area contributed by atoms with Gasteiger partial charge in [0.2, 0.25) is 0 Å². The number of carbonyl (C=O) groups excluding carboxylic acids is 1. The molecule has 1 rings (SSSR count). The van der Waals surface area contributed by atoms with Crippen LogP contribution in [0.15, 0.2) is 0 Å². The maximum absolute atomic E-state index is 11.8. The van der Waals surface area contributed by atoms with Crippen molar-refractivity contribution in [1.29, 1.82) is 0 Å². The number of hydrogen-bond acceptors (Lipinski definition) is 4. The van der Waals surface area contributed by atoms with Gasteiger partial charge in [-0.15, -0.1) is 0 Å². The molecule has 0 saturated carbocycles. The lowest BCUT2D eigenvalue weighted by molar-refractivity contribution is 0.0171. The Bertz CT molecular complexity index is 265. The molecule has 0 aromatic heterocycles. The Morgan fingerprint density at radius 3 is 2.65 bits per heavy atom. The predicted molar refractivity (Wildman–Crippen MR) is 65.5 cm³/mol. The summed E-state index contributed by atoms with van der Waals surface area (Å²) in [4.78, 5) is 13.5. The zero-order valence-corrected chi connectivity index (χ0v) is 10.8. The van der Waals surface area contributed by atoms with Gasteiger partial charge in [-0.25, -0.2) is 4.79 Å². The number of ether oxygens (including phenoxy) is 1. The van der Waals surface area contributed by atoms with Gasteiger partial charge in [-0.1, -0.05) is 0 Å². The van der Waals surface area contributed by atoms with Crippen LogP contribution in [0.4, 0.5) is 4.79 Å². The number of piperidine rings is 1. The highest BCUT2D eigenvalue weighted by molar-refractivity contribution is 6.41. The normalized spacial score (nSPS) is 21.2. The molecule has 1 aliphatic rings. The van der Waals surface area contributed by atoms with Crippen molar-refractivity contribution in [1.82, 2.24) is 4.90 Å². The first-order chi connectivity index (χ1) is 7.78. The Hall–Kier alpha value is -0.745. The van der Waals surface area contributed by atoms with Crippen LogP contribution < -0.4 is 0 Å². The molecule has 1 aliphatic heterocycles. The first-order valence-corrected chi connectivity index (χ1v) is 6.12. The summed E-state index contributed by atoms with van der Waals surface area (Å²) in [5, 5.41) is 17.9. The highest BCUT2D eigenvalue weighted by atomic mass is 16.6. The Labute approximate surface area is 103 Å². The van der Waals surface area contributed by atoms with Gasteiger partial charge in [0.15, 0.2) is 0 Å². The third-order valence-electron chi connectivity index (χ3n) is 2.71. The smallest absolute Gasteiger partial charge is 0.444 e. The molecule has 0 radical (unpaired) electrons. The summed E-state index contributed by atoms with van der Waals surface area (Å²) in [6, 6.07) is 0. The largest absolute Gasteiger partial charge is 0.451 e. The van der Waals surface area contributed by atoms with Crippen molar-refractivity contribution < 1.29 is 19.6 Å². The van der Waals surface area contributed by atoms with Crippen LogP contribution in [-0.2, 0) is 4.74 Å². The fraction of sp³-hybridized carbons (Fsp3) is 0.909. The summed E-state index contributed by atoms with van der Waals surface area (Å²) >= 11 is 0. The molecule has 0 aromatic carbocycles. The number of carbonyl (C=O) groups is 1. The summed E-state index contributed by atoms with van der Waals surface area (Å²) < 4.78 is 5.29. The molecule has 2 N–H and O–H groups in total. The molecule has 0 aromatic rings. The van der Waals surface area contributed by atoms with Crippen LogP contribution >= 0.6 is 0 Å². The minimum Gasteiger partial charge on any atom is -0.444 e. The molecule has 1 saturated heterocycles. The van der Waals surface area contributed by atoms with Crippen molar-refractivity contribution in [2.24, 2.45) is 5.92 Å². The van der Waals surface area contributed by atoms with Gasteiger partial charge in [-0.05, 0) is 45.9 Å². The summed E-state index contributed by atoms with van der Waals surface area (Å²) in [5.41, 5.74) is -0.486. The van der Waals surface area contributed by atoms with Crippen molar-refractivity contribution in [3.05, 3.63) is 0 Å². The molecule has 0 bridgehead atoms. The number of rotatable bonds is 2. The van der Waals surface area contributed by atoms with Gasteiger partial charge in [0, 0.05) is 13.1 Å². The molecule has 1 amide bonds. The number of hydrogen-bond donors (Lipinski definition) is 2. The van der Waals surface area contributed by atoms with Gasteiger partial charge in [0.05, 0.1) is 0 Å². The number of amides is 1. The van der Waals surface area contributed by atoms with Crippen LogP contribution in [0.1, 0.15) is 33.6 Å². The molecule has 0 spiro atoms. The van der Waals surface area contributed by atoms with Crippen LogP contribution in [0.5, 0.6) is 0 Å². The Morgan fingerprint density at radius 2 is 2.12 bits per heavy atom. The second-order valence-electron chi connectivity index (χ2n) is 5.65. The van der Waals surface area contributed by atoms with Crippen molar-refractivity contribution in [2.75, 3.05) is 13.1 Å². The van der Waals surface area contributed by atoms with Crippen molar-refractivity contribution in [3.63, 3.8) is 0 Å². The predicted octanol–water partition coefficient (Wildman–Crippen LogP) is 1.11. The van der Waals surface area contributed by atoms with E-state index < -0.39 is 12.7 Å². The van der Waals surface area contributed by atoms with E-state index in [9.17, 15) is 4.79 Å². The average Bonchev–Trinajstić information content (AvgIpc) is 2.14. The number of likely N-dealkylation sites (tertiary alicyclic amines) is 1. The monoisotopic (exact) mass is 243 g/mol. The minimum atomic E-state index is -1.29. The second-order valence-corrected chi connectivity index (χ2v) is 5.65. The standard InChI is InChI=1S/C11H22BNO4/c1-11(2,3)17-10(14)13-6-4-5-9(8-13)7-12(15)16/h9,15-16H,4-8H2,1-3H3. The molecule has 1 fully saturated rings. The fourth-order valence-corrected chi connectivity index (χ4v) is 2.05. The quantitative estimate of drug-likeness (QED) is 0.712. The molecule has 0 aliphatic carbocycles. The molecule has 17 heavy (non-hydrogen) atoms. The highest BCUT2D eigenvalue weighted by Crippen LogP contribution is 2.22. The van der Waals surface area contributed by atoms with E-state index >= 15 is 0 Å². The third-order valence-corrected chi connectivity index (χ3v) is 2.71. The highest BCUT2D eigenvalue weighted by Gasteiger charge is 2.29. The van der Waals surface area contributed by atoms with E-state index in [4.69, 9.17) is 14.8 Å². The van der Waals surface area contributed by atoms with Gasteiger partial charge in [-0.2, -0.15) is 0 Å². The molecule has 5 nitrogen and oxygen atoms in total. The van der Waals surface area contributed by atoms with E-state index in [1.165, 1.54) is 0 Å². The maximum atomic E-state index is 11.8. The zero-order valence-electron chi connectivity index (χ0n) is 10.8.